The van der Waals surface area contributed by atoms with Crippen molar-refractivity contribution in [3.63, 3.8) is 0 Å². The van der Waals surface area contributed by atoms with Crippen molar-refractivity contribution < 1.29 is 0 Å². The van der Waals surface area contributed by atoms with Gasteiger partial charge in [0, 0.05) is 18.1 Å². The highest BCUT2D eigenvalue weighted by atomic mass is 35.5. The molecule has 1 aliphatic rings. The van der Waals surface area contributed by atoms with Gasteiger partial charge < -0.3 is 5.32 Å². The molecule has 1 aromatic rings. The van der Waals surface area contributed by atoms with Crippen molar-refractivity contribution in [3.05, 3.63) is 30.1 Å². The highest BCUT2D eigenvalue weighted by Crippen LogP contribution is 2.27. The molecule has 2 nitrogen and oxygen atoms in total. The molecule has 1 fully saturated rings. The molecule has 16 heavy (non-hydrogen) atoms. The van der Waals surface area contributed by atoms with Gasteiger partial charge in [0.1, 0.15) is 0 Å². The van der Waals surface area contributed by atoms with E-state index in [1.54, 1.807) is 0 Å². The molecular weight excluding hydrogens is 220 g/mol. The second kappa shape index (κ2) is 6.21. The second-order valence-corrected chi connectivity index (χ2v) is 5.07. The Morgan fingerprint density at radius 1 is 1.31 bits per heavy atom. The number of aromatic nitrogens is 1. The van der Waals surface area contributed by atoms with Crippen LogP contribution in [-0.2, 0) is 6.54 Å². The van der Waals surface area contributed by atoms with Crippen molar-refractivity contribution in [1.82, 2.24) is 10.3 Å². The largest absolute Gasteiger partial charge is 0.311 e. The van der Waals surface area contributed by atoms with E-state index in [0.29, 0.717) is 11.3 Å². The van der Waals surface area contributed by atoms with Gasteiger partial charge in [-0.1, -0.05) is 18.9 Å². The summed E-state index contributed by atoms with van der Waals surface area (Å²) < 4.78 is 0. The summed E-state index contributed by atoms with van der Waals surface area (Å²) in [6.07, 6.45) is 6.91. The number of nitrogens with one attached hydrogen (secondary N) is 1. The predicted octanol–water partition coefficient (Wildman–Crippen LogP) is 2.97. The maximum absolute atomic E-state index is 6.31. The molecule has 88 valence electrons. The van der Waals surface area contributed by atoms with Gasteiger partial charge in [-0.15, -0.1) is 11.6 Å². The molecule has 0 bridgehead atoms. The zero-order valence-electron chi connectivity index (χ0n) is 9.53. The van der Waals surface area contributed by atoms with Crippen LogP contribution in [0.5, 0.6) is 0 Å². The van der Waals surface area contributed by atoms with Gasteiger partial charge in [0.25, 0.3) is 0 Å². The van der Waals surface area contributed by atoms with E-state index in [9.17, 15) is 0 Å². The van der Waals surface area contributed by atoms with Crippen molar-refractivity contribution in [2.24, 2.45) is 5.92 Å². The Kier molecular flexibility index (Phi) is 4.61. The van der Waals surface area contributed by atoms with Crippen molar-refractivity contribution in [1.29, 1.82) is 0 Å². The molecule has 2 rings (SSSR count). The fourth-order valence-electron chi connectivity index (χ4n) is 2.28. The summed E-state index contributed by atoms with van der Waals surface area (Å²) in [6.45, 7) is 1.87. The van der Waals surface area contributed by atoms with Gasteiger partial charge in [0.05, 0.1) is 5.69 Å². The first kappa shape index (κ1) is 11.9. The Balaban J connectivity index is 1.71. The Bertz CT molecular complexity index is 302. The molecule has 0 saturated heterocycles. The van der Waals surface area contributed by atoms with Crippen molar-refractivity contribution in [2.75, 3.05) is 6.54 Å². The number of hydrogen-bond acceptors (Lipinski definition) is 2. The van der Waals surface area contributed by atoms with Crippen LogP contribution in [0, 0.1) is 5.92 Å². The lowest BCUT2D eigenvalue weighted by Crippen LogP contribution is -2.31. The maximum Gasteiger partial charge on any atom is 0.0541 e. The third-order valence-electron chi connectivity index (χ3n) is 3.26. The van der Waals surface area contributed by atoms with Crippen LogP contribution in [0.25, 0.3) is 0 Å². The summed E-state index contributed by atoms with van der Waals surface area (Å²) in [5.41, 5.74) is 1.10. The lowest BCUT2D eigenvalue weighted by Gasteiger charge is -2.27. The summed E-state index contributed by atoms with van der Waals surface area (Å²) in [7, 11) is 0. The first-order valence-corrected chi connectivity index (χ1v) is 6.54. The maximum atomic E-state index is 6.31. The molecule has 0 aliphatic heterocycles. The lowest BCUT2D eigenvalue weighted by molar-refractivity contribution is 0.348. The number of nitrogens with zero attached hydrogens (tertiary/aromatic N) is 1. The van der Waals surface area contributed by atoms with E-state index in [1.165, 1.54) is 25.7 Å². The van der Waals surface area contributed by atoms with Crippen LogP contribution >= 0.6 is 11.6 Å². The van der Waals surface area contributed by atoms with E-state index >= 15 is 0 Å². The van der Waals surface area contributed by atoms with Crippen LogP contribution < -0.4 is 5.32 Å². The molecule has 2 atom stereocenters. The molecule has 3 heteroatoms. The van der Waals surface area contributed by atoms with Crippen LogP contribution in [0.4, 0.5) is 0 Å². The van der Waals surface area contributed by atoms with Crippen LogP contribution in [0.3, 0.4) is 0 Å². The van der Waals surface area contributed by atoms with Crippen molar-refractivity contribution >= 4 is 11.6 Å². The zero-order valence-corrected chi connectivity index (χ0v) is 10.3. The Labute approximate surface area is 102 Å². The van der Waals surface area contributed by atoms with Crippen molar-refractivity contribution in [3.8, 4) is 0 Å². The number of hydrogen-bond donors (Lipinski definition) is 1. The lowest BCUT2D eigenvalue weighted by atomic mass is 9.89. The van der Waals surface area contributed by atoms with Crippen LogP contribution in [0.1, 0.15) is 31.4 Å². The van der Waals surface area contributed by atoms with E-state index in [0.717, 1.165) is 18.8 Å². The SMILES string of the molecule is ClC1CCCCC1CNCc1ccccn1. The fourth-order valence-corrected chi connectivity index (χ4v) is 2.65. The summed E-state index contributed by atoms with van der Waals surface area (Å²) in [6, 6.07) is 6.01. The first-order valence-electron chi connectivity index (χ1n) is 6.11. The van der Waals surface area contributed by atoms with Gasteiger partial charge in [-0.3, -0.25) is 4.98 Å². The number of pyridine rings is 1. The average molecular weight is 239 g/mol. The molecule has 1 aromatic heterocycles. The zero-order chi connectivity index (χ0) is 11.2. The van der Waals surface area contributed by atoms with Crippen LogP contribution in [0.2, 0.25) is 0 Å². The smallest absolute Gasteiger partial charge is 0.0541 e. The average Bonchev–Trinajstić information content (AvgIpc) is 2.33. The molecule has 1 aliphatic carbocycles. The monoisotopic (exact) mass is 238 g/mol. The first-order chi connectivity index (χ1) is 7.86. The van der Waals surface area contributed by atoms with Crippen LogP contribution in [0.15, 0.2) is 24.4 Å². The topological polar surface area (TPSA) is 24.9 Å². The predicted molar refractivity (Wildman–Crippen MR) is 67.5 cm³/mol. The van der Waals surface area contributed by atoms with Gasteiger partial charge >= 0.3 is 0 Å². The molecule has 2 unspecified atom stereocenters. The highest BCUT2D eigenvalue weighted by molar-refractivity contribution is 6.20. The number of alkyl halides is 1. The molecule has 1 N–H and O–H groups in total. The molecule has 0 amide bonds. The van der Waals surface area contributed by atoms with E-state index in [1.807, 2.05) is 24.4 Å². The number of rotatable bonds is 4. The molecule has 0 aromatic carbocycles. The Morgan fingerprint density at radius 2 is 2.19 bits per heavy atom. The minimum absolute atomic E-state index is 0.366. The van der Waals surface area contributed by atoms with Gasteiger partial charge in [-0.05, 0) is 37.4 Å². The van der Waals surface area contributed by atoms with E-state index in [2.05, 4.69) is 10.3 Å². The van der Waals surface area contributed by atoms with Gasteiger partial charge in [-0.2, -0.15) is 0 Å². The highest BCUT2D eigenvalue weighted by Gasteiger charge is 2.22. The summed E-state index contributed by atoms with van der Waals surface area (Å²) in [4.78, 5) is 4.28. The molecule has 1 heterocycles. The molecule has 0 spiro atoms. The Hall–Kier alpha value is -0.600. The summed E-state index contributed by atoms with van der Waals surface area (Å²) in [5, 5.41) is 3.82. The minimum Gasteiger partial charge on any atom is -0.311 e. The van der Waals surface area contributed by atoms with E-state index in [-0.39, 0.29) is 0 Å². The fraction of sp³-hybridized carbons (Fsp3) is 0.615. The third kappa shape index (κ3) is 3.46. The van der Waals surface area contributed by atoms with E-state index < -0.39 is 0 Å². The van der Waals surface area contributed by atoms with Crippen LogP contribution in [-0.4, -0.2) is 16.9 Å². The molecular formula is C13H19ClN2. The molecule has 1 saturated carbocycles. The quantitative estimate of drug-likeness (QED) is 0.816. The number of halogens is 1. The standard InChI is InChI=1S/C13H19ClN2/c14-13-7-2-1-5-11(13)9-15-10-12-6-3-4-8-16-12/h3-4,6,8,11,13,15H,1-2,5,7,9-10H2. The van der Waals surface area contributed by atoms with Gasteiger partial charge in [0.15, 0.2) is 0 Å². The van der Waals surface area contributed by atoms with Gasteiger partial charge in [0.2, 0.25) is 0 Å². The summed E-state index contributed by atoms with van der Waals surface area (Å²) in [5.74, 6) is 0.638. The minimum atomic E-state index is 0.366. The van der Waals surface area contributed by atoms with Crippen molar-refractivity contribution in [2.45, 2.75) is 37.6 Å². The van der Waals surface area contributed by atoms with E-state index in [4.69, 9.17) is 11.6 Å². The molecule has 0 radical (unpaired) electrons. The normalized spacial score (nSPS) is 25.6. The second-order valence-electron chi connectivity index (χ2n) is 4.51. The summed E-state index contributed by atoms with van der Waals surface area (Å²) >= 11 is 6.31. The third-order valence-corrected chi connectivity index (χ3v) is 3.83. The van der Waals surface area contributed by atoms with Gasteiger partial charge in [-0.25, -0.2) is 0 Å². The Morgan fingerprint density at radius 3 is 2.94 bits per heavy atom.